The van der Waals surface area contributed by atoms with E-state index in [1.807, 2.05) is 6.07 Å². The summed E-state index contributed by atoms with van der Waals surface area (Å²) in [5.74, 6) is -3.36. The molecule has 1 aliphatic rings. The molecule has 1 nitrogen and oxygen atoms in total. The van der Waals surface area contributed by atoms with Crippen LogP contribution in [-0.2, 0) is 0 Å². The Morgan fingerprint density at radius 3 is 2.29 bits per heavy atom. The first-order valence-electron chi connectivity index (χ1n) is 4.67. The van der Waals surface area contributed by atoms with Gasteiger partial charge in [-0.3, -0.25) is 0 Å². The smallest absolute Gasteiger partial charge is 0.262 e. The number of benzene rings is 1. The highest BCUT2D eigenvalue weighted by Crippen LogP contribution is 2.70. The summed E-state index contributed by atoms with van der Waals surface area (Å²) in [5, 5.41) is 0. The molecule has 2 atom stereocenters. The normalized spacial score (nSPS) is 34.1. The molecule has 0 bridgehead atoms. The first-order chi connectivity index (χ1) is 6.54. The maximum atomic E-state index is 13.5. The minimum atomic E-state index is -2.65. The molecular formula is C11H13F2N. The average Bonchev–Trinajstić information content (AvgIpc) is 2.63. The van der Waals surface area contributed by atoms with Crippen molar-refractivity contribution in [2.45, 2.75) is 18.8 Å². The van der Waals surface area contributed by atoms with Gasteiger partial charge in [-0.25, -0.2) is 8.78 Å². The van der Waals surface area contributed by atoms with Gasteiger partial charge in [0.15, 0.2) is 0 Å². The highest BCUT2D eigenvalue weighted by atomic mass is 19.3. The lowest BCUT2D eigenvalue weighted by atomic mass is 10.0. The Bertz CT molecular complexity index is 336. The van der Waals surface area contributed by atoms with Crippen LogP contribution in [0.5, 0.6) is 0 Å². The van der Waals surface area contributed by atoms with E-state index < -0.39 is 17.3 Å². The molecule has 0 heterocycles. The molecule has 1 aromatic carbocycles. The Kier molecular flexibility index (Phi) is 1.89. The Balaban J connectivity index is 2.32. The van der Waals surface area contributed by atoms with Crippen molar-refractivity contribution in [3.8, 4) is 0 Å². The highest BCUT2D eigenvalue weighted by Gasteiger charge is 2.77. The zero-order valence-electron chi connectivity index (χ0n) is 8.00. The van der Waals surface area contributed by atoms with Crippen LogP contribution in [0.15, 0.2) is 30.3 Å². The van der Waals surface area contributed by atoms with Gasteiger partial charge in [0, 0.05) is 6.54 Å². The molecule has 2 N–H and O–H groups in total. The van der Waals surface area contributed by atoms with Crippen molar-refractivity contribution in [3.05, 3.63) is 35.9 Å². The Hall–Kier alpha value is -0.960. The number of rotatable bonds is 2. The maximum Gasteiger partial charge on any atom is 0.262 e. The minimum absolute atomic E-state index is 0.0273. The maximum absolute atomic E-state index is 13.5. The van der Waals surface area contributed by atoms with Crippen LogP contribution in [0.4, 0.5) is 8.78 Å². The van der Waals surface area contributed by atoms with E-state index in [0.29, 0.717) is 5.56 Å². The van der Waals surface area contributed by atoms with E-state index in [9.17, 15) is 8.78 Å². The standard InChI is InChI=1S/C11H13F2N/c1-10(7-14)9(11(10,12)13)8-5-3-2-4-6-8/h2-6,9H,7,14H2,1H3/t9-,10+/m1/s1. The van der Waals surface area contributed by atoms with Gasteiger partial charge in [0.25, 0.3) is 5.92 Å². The highest BCUT2D eigenvalue weighted by molar-refractivity contribution is 5.37. The monoisotopic (exact) mass is 197 g/mol. The fourth-order valence-electron chi connectivity index (χ4n) is 2.06. The van der Waals surface area contributed by atoms with Crippen molar-refractivity contribution >= 4 is 0 Å². The van der Waals surface area contributed by atoms with Crippen molar-refractivity contribution in [2.75, 3.05) is 6.54 Å². The summed E-state index contributed by atoms with van der Waals surface area (Å²) in [7, 11) is 0. The van der Waals surface area contributed by atoms with Crippen molar-refractivity contribution < 1.29 is 8.78 Å². The molecule has 1 aliphatic carbocycles. The molecular weight excluding hydrogens is 184 g/mol. The fraction of sp³-hybridized carbons (Fsp3) is 0.455. The molecule has 0 aliphatic heterocycles. The average molecular weight is 197 g/mol. The molecule has 3 heteroatoms. The van der Waals surface area contributed by atoms with Gasteiger partial charge in [0.05, 0.1) is 11.3 Å². The molecule has 0 radical (unpaired) electrons. The minimum Gasteiger partial charge on any atom is -0.330 e. The van der Waals surface area contributed by atoms with Crippen molar-refractivity contribution in [3.63, 3.8) is 0 Å². The second-order valence-electron chi connectivity index (χ2n) is 4.09. The Morgan fingerprint density at radius 1 is 1.29 bits per heavy atom. The number of hydrogen-bond donors (Lipinski definition) is 1. The number of halogens is 2. The lowest BCUT2D eigenvalue weighted by Crippen LogP contribution is -2.18. The summed E-state index contributed by atoms with van der Waals surface area (Å²) < 4.78 is 26.9. The lowest BCUT2D eigenvalue weighted by molar-refractivity contribution is 0.0697. The van der Waals surface area contributed by atoms with Gasteiger partial charge in [0.1, 0.15) is 0 Å². The third-order valence-corrected chi connectivity index (χ3v) is 3.23. The van der Waals surface area contributed by atoms with Crippen molar-refractivity contribution in [1.29, 1.82) is 0 Å². The van der Waals surface area contributed by atoms with Gasteiger partial charge in [-0.15, -0.1) is 0 Å². The van der Waals surface area contributed by atoms with E-state index >= 15 is 0 Å². The molecule has 2 rings (SSSR count). The van der Waals surface area contributed by atoms with E-state index in [1.165, 1.54) is 0 Å². The topological polar surface area (TPSA) is 26.0 Å². The largest absolute Gasteiger partial charge is 0.330 e. The molecule has 76 valence electrons. The van der Waals surface area contributed by atoms with E-state index in [1.54, 1.807) is 31.2 Å². The molecule has 0 unspecified atom stereocenters. The van der Waals surface area contributed by atoms with Crippen LogP contribution >= 0.6 is 0 Å². The van der Waals surface area contributed by atoms with Crippen LogP contribution in [0.2, 0.25) is 0 Å². The van der Waals surface area contributed by atoms with Crippen LogP contribution in [0, 0.1) is 5.41 Å². The first kappa shape index (κ1) is 9.59. The molecule has 14 heavy (non-hydrogen) atoms. The Labute approximate surface area is 81.9 Å². The zero-order chi connectivity index (χ0) is 10.4. The number of alkyl halides is 2. The van der Waals surface area contributed by atoms with Crippen molar-refractivity contribution in [1.82, 2.24) is 0 Å². The van der Waals surface area contributed by atoms with E-state index in [2.05, 4.69) is 0 Å². The third kappa shape index (κ3) is 1.02. The van der Waals surface area contributed by atoms with E-state index in [-0.39, 0.29) is 6.54 Å². The van der Waals surface area contributed by atoms with Crippen LogP contribution in [-0.4, -0.2) is 12.5 Å². The van der Waals surface area contributed by atoms with Crippen LogP contribution in [0.3, 0.4) is 0 Å². The van der Waals surface area contributed by atoms with E-state index in [4.69, 9.17) is 5.73 Å². The predicted octanol–water partition coefficient (Wildman–Crippen LogP) is 2.38. The quantitative estimate of drug-likeness (QED) is 0.774. The van der Waals surface area contributed by atoms with Gasteiger partial charge < -0.3 is 5.73 Å². The van der Waals surface area contributed by atoms with Gasteiger partial charge >= 0.3 is 0 Å². The molecule has 0 amide bonds. The van der Waals surface area contributed by atoms with Crippen molar-refractivity contribution in [2.24, 2.45) is 11.1 Å². The summed E-state index contributed by atoms with van der Waals surface area (Å²) >= 11 is 0. The second-order valence-corrected chi connectivity index (χ2v) is 4.09. The lowest BCUT2D eigenvalue weighted by Gasteiger charge is -2.04. The molecule has 1 saturated carbocycles. The first-order valence-corrected chi connectivity index (χ1v) is 4.67. The van der Waals surface area contributed by atoms with Crippen LogP contribution in [0.1, 0.15) is 18.4 Å². The summed E-state index contributed by atoms with van der Waals surface area (Å²) in [6.07, 6.45) is 0. The van der Waals surface area contributed by atoms with Crippen LogP contribution < -0.4 is 5.73 Å². The number of nitrogens with two attached hydrogens (primary N) is 1. The molecule has 0 aromatic heterocycles. The molecule has 1 fully saturated rings. The summed E-state index contributed by atoms with van der Waals surface area (Å²) in [5.41, 5.74) is 5.03. The van der Waals surface area contributed by atoms with Gasteiger partial charge in [0.2, 0.25) is 0 Å². The van der Waals surface area contributed by atoms with Gasteiger partial charge in [-0.1, -0.05) is 37.3 Å². The van der Waals surface area contributed by atoms with Gasteiger partial charge in [-0.2, -0.15) is 0 Å². The molecule has 0 saturated heterocycles. The zero-order valence-corrected chi connectivity index (χ0v) is 8.00. The van der Waals surface area contributed by atoms with Gasteiger partial charge in [-0.05, 0) is 5.56 Å². The third-order valence-electron chi connectivity index (χ3n) is 3.23. The van der Waals surface area contributed by atoms with Crippen LogP contribution in [0.25, 0.3) is 0 Å². The Morgan fingerprint density at radius 2 is 1.86 bits per heavy atom. The van der Waals surface area contributed by atoms with E-state index in [0.717, 1.165) is 0 Å². The summed E-state index contributed by atoms with van der Waals surface area (Å²) in [4.78, 5) is 0. The number of hydrogen-bond acceptors (Lipinski definition) is 1. The fourth-order valence-corrected chi connectivity index (χ4v) is 2.06. The second kappa shape index (κ2) is 2.76. The molecule has 0 spiro atoms. The SMILES string of the molecule is C[C@]1(CN)[C@@H](c2ccccc2)C1(F)F. The molecule has 1 aromatic rings. The predicted molar refractivity (Wildman–Crippen MR) is 51.3 cm³/mol. The summed E-state index contributed by atoms with van der Waals surface area (Å²) in [6.45, 7) is 1.57. The summed E-state index contributed by atoms with van der Waals surface area (Å²) in [6, 6.07) is 8.85.